The van der Waals surface area contributed by atoms with Crippen molar-refractivity contribution < 1.29 is 4.74 Å². The lowest BCUT2D eigenvalue weighted by molar-refractivity contribution is 0.284. The fourth-order valence-electron chi connectivity index (χ4n) is 1.50. The number of benzene rings is 1. The lowest BCUT2D eigenvalue weighted by Gasteiger charge is -2.15. The van der Waals surface area contributed by atoms with Gasteiger partial charge in [-0.3, -0.25) is 0 Å². The normalized spacial score (nSPS) is 11.1. The van der Waals surface area contributed by atoms with E-state index in [9.17, 15) is 0 Å². The highest BCUT2D eigenvalue weighted by molar-refractivity contribution is 9.10. The number of hydrogen-bond donors (Lipinski definition) is 0. The number of halogens is 2. The highest BCUT2D eigenvalue weighted by atomic mass is 79.9. The number of hydrogen-bond acceptors (Lipinski definition) is 2. The Morgan fingerprint density at radius 3 is 2.72 bits per heavy atom. The molecule has 0 saturated carbocycles. The molecule has 0 radical (unpaired) electrons. The van der Waals surface area contributed by atoms with E-state index in [0.717, 1.165) is 28.4 Å². The molecule has 0 amide bonds. The molecule has 0 heterocycles. The summed E-state index contributed by atoms with van der Waals surface area (Å²) < 4.78 is 6.77. The van der Waals surface area contributed by atoms with Crippen molar-refractivity contribution in [2.75, 3.05) is 6.61 Å². The van der Waals surface area contributed by atoms with Crippen LogP contribution in [0.3, 0.4) is 0 Å². The van der Waals surface area contributed by atoms with Gasteiger partial charge < -0.3 is 4.74 Å². The van der Waals surface area contributed by atoms with Crippen LogP contribution < -0.4 is 4.74 Å². The molecule has 0 spiro atoms. The van der Waals surface area contributed by atoms with Crippen LogP contribution >= 0.6 is 31.9 Å². The molecule has 0 unspecified atom stereocenters. The standard InChI is InChI=1S/C14H17Br2NO/c1-14(2,10-17)6-3-7-18-12-4-5-13(16)11(8-12)9-15/h4-5,8H,3,6-7,9H2,1-2H3. The van der Waals surface area contributed by atoms with E-state index < -0.39 is 0 Å². The van der Waals surface area contributed by atoms with Crippen molar-refractivity contribution in [1.29, 1.82) is 5.26 Å². The van der Waals surface area contributed by atoms with E-state index >= 15 is 0 Å². The van der Waals surface area contributed by atoms with Crippen molar-refractivity contribution in [1.82, 2.24) is 0 Å². The summed E-state index contributed by atoms with van der Waals surface area (Å²) in [6.07, 6.45) is 1.74. The molecule has 0 aromatic heterocycles. The zero-order chi connectivity index (χ0) is 13.6. The molecule has 1 rings (SSSR count). The fraction of sp³-hybridized carbons (Fsp3) is 0.500. The molecule has 2 nitrogen and oxygen atoms in total. The third kappa shape index (κ3) is 4.99. The molecule has 4 heteroatoms. The monoisotopic (exact) mass is 373 g/mol. The van der Waals surface area contributed by atoms with Gasteiger partial charge in [0.25, 0.3) is 0 Å². The van der Waals surface area contributed by atoms with Crippen LogP contribution in [0.4, 0.5) is 0 Å². The third-order valence-corrected chi connectivity index (χ3v) is 4.06. The van der Waals surface area contributed by atoms with Gasteiger partial charge in [0.15, 0.2) is 0 Å². The Morgan fingerprint density at radius 1 is 1.39 bits per heavy atom. The van der Waals surface area contributed by atoms with Crippen molar-refractivity contribution in [3.05, 3.63) is 28.2 Å². The molecule has 0 saturated heterocycles. The van der Waals surface area contributed by atoms with Crippen molar-refractivity contribution in [3.8, 4) is 11.8 Å². The minimum atomic E-state index is -0.260. The van der Waals surface area contributed by atoms with Crippen molar-refractivity contribution >= 4 is 31.9 Å². The third-order valence-electron chi connectivity index (χ3n) is 2.68. The molecule has 18 heavy (non-hydrogen) atoms. The van der Waals surface area contributed by atoms with Gasteiger partial charge in [0.2, 0.25) is 0 Å². The smallest absolute Gasteiger partial charge is 0.119 e. The second kappa shape index (κ2) is 7.16. The van der Waals surface area contributed by atoms with E-state index in [-0.39, 0.29) is 5.41 Å². The van der Waals surface area contributed by atoms with Gasteiger partial charge in [-0.15, -0.1) is 0 Å². The van der Waals surface area contributed by atoms with E-state index in [1.54, 1.807) is 0 Å². The van der Waals surface area contributed by atoms with Gasteiger partial charge in [-0.25, -0.2) is 0 Å². The second-order valence-electron chi connectivity index (χ2n) is 4.83. The Kier molecular flexibility index (Phi) is 6.17. The first kappa shape index (κ1) is 15.5. The predicted octanol–water partition coefficient (Wildman–Crippen LogP) is 5.05. The summed E-state index contributed by atoms with van der Waals surface area (Å²) in [5.74, 6) is 0.877. The number of rotatable bonds is 6. The first-order valence-corrected chi connectivity index (χ1v) is 7.78. The Morgan fingerprint density at radius 2 is 2.11 bits per heavy atom. The molecule has 1 aromatic rings. The van der Waals surface area contributed by atoms with Crippen LogP contribution in [-0.2, 0) is 5.33 Å². The molecule has 0 aliphatic rings. The van der Waals surface area contributed by atoms with Gasteiger partial charge in [0.1, 0.15) is 5.75 Å². The van der Waals surface area contributed by atoms with E-state index in [1.165, 1.54) is 5.56 Å². The van der Waals surface area contributed by atoms with Gasteiger partial charge in [-0.1, -0.05) is 31.9 Å². The first-order valence-electron chi connectivity index (χ1n) is 5.87. The SMILES string of the molecule is CC(C)(C#N)CCCOc1ccc(Br)c(CBr)c1. The summed E-state index contributed by atoms with van der Waals surface area (Å²) in [4.78, 5) is 0. The summed E-state index contributed by atoms with van der Waals surface area (Å²) in [7, 11) is 0. The number of nitrogens with zero attached hydrogens (tertiary/aromatic N) is 1. The summed E-state index contributed by atoms with van der Waals surface area (Å²) >= 11 is 6.92. The van der Waals surface area contributed by atoms with E-state index in [1.807, 2.05) is 32.0 Å². The average molecular weight is 375 g/mol. The van der Waals surface area contributed by atoms with Gasteiger partial charge in [0.05, 0.1) is 18.1 Å². The minimum Gasteiger partial charge on any atom is -0.494 e. The maximum atomic E-state index is 8.91. The van der Waals surface area contributed by atoms with E-state index in [2.05, 4.69) is 37.9 Å². The largest absolute Gasteiger partial charge is 0.494 e. The zero-order valence-corrected chi connectivity index (χ0v) is 13.8. The topological polar surface area (TPSA) is 33.0 Å². The molecule has 0 fully saturated rings. The quantitative estimate of drug-likeness (QED) is 0.515. The molecule has 0 bridgehead atoms. The molecule has 0 atom stereocenters. The van der Waals surface area contributed by atoms with Crippen molar-refractivity contribution in [3.63, 3.8) is 0 Å². The van der Waals surface area contributed by atoms with Crippen LogP contribution in [-0.4, -0.2) is 6.61 Å². The number of ether oxygens (including phenoxy) is 1. The van der Waals surface area contributed by atoms with Crippen LogP contribution in [0.2, 0.25) is 0 Å². The fourth-order valence-corrected chi connectivity index (χ4v) is 2.73. The summed E-state index contributed by atoms with van der Waals surface area (Å²) in [6, 6.07) is 8.26. The Hall–Kier alpha value is -0.530. The molecule has 98 valence electrons. The van der Waals surface area contributed by atoms with Crippen LogP contribution in [0.25, 0.3) is 0 Å². The molecule has 0 aliphatic carbocycles. The Balaban J connectivity index is 2.43. The number of alkyl halides is 1. The van der Waals surface area contributed by atoms with Crippen LogP contribution in [0.1, 0.15) is 32.3 Å². The predicted molar refractivity (Wildman–Crippen MR) is 80.9 cm³/mol. The summed E-state index contributed by atoms with van der Waals surface area (Å²) in [6.45, 7) is 4.56. The second-order valence-corrected chi connectivity index (χ2v) is 6.25. The maximum Gasteiger partial charge on any atom is 0.119 e. The lowest BCUT2D eigenvalue weighted by atomic mass is 9.90. The first-order chi connectivity index (χ1) is 8.48. The molecular weight excluding hydrogens is 358 g/mol. The van der Waals surface area contributed by atoms with Gasteiger partial charge in [0, 0.05) is 9.80 Å². The van der Waals surface area contributed by atoms with Crippen molar-refractivity contribution in [2.24, 2.45) is 5.41 Å². The van der Waals surface area contributed by atoms with Crippen molar-refractivity contribution in [2.45, 2.75) is 32.0 Å². The molecular formula is C14H17Br2NO. The average Bonchev–Trinajstić information content (AvgIpc) is 2.36. The zero-order valence-electron chi connectivity index (χ0n) is 10.7. The lowest BCUT2D eigenvalue weighted by Crippen LogP contribution is -2.10. The van der Waals surface area contributed by atoms with Crippen LogP contribution in [0.5, 0.6) is 5.75 Å². The highest BCUT2D eigenvalue weighted by Gasteiger charge is 2.15. The van der Waals surface area contributed by atoms with E-state index in [4.69, 9.17) is 10.00 Å². The Labute approximate surface area is 126 Å². The summed E-state index contributed by atoms with van der Waals surface area (Å²) in [5, 5.41) is 9.71. The number of nitriles is 1. The van der Waals surface area contributed by atoms with Crippen LogP contribution in [0, 0.1) is 16.7 Å². The molecule has 0 aliphatic heterocycles. The molecule has 0 N–H and O–H groups in total. The van der Waals surface area contributed by atoms with Crippen LogP contribution in [0.15, 0.2) is 22.7 Å². The van der Waals surface area contributed by atoms with E-state index in [0.29, 0.717) is 6.61 Å². The maximum absolute atomic E-state index is 8.91. The Bertz CT molecular complexity index is 438. The molecule has 1 aromatic carbocycles. The van der Waals surface area contributed by atoms with Gasteiger partial charge in [-0.2, -0.15) is 5.26 Å². The highest BCUT2D eigenvalue weighted by Crippen LogP contribution is 2.25. The minimum absolute atomic E-state index is 0.260. The summed E-state index contributed by atoms with van der Waals surface area (Å²) in [5.41, 5.74) is 0.911. The van der Waals surface area contributed by atoms with Gasteiger partial charge in [-0.05, 0) is 50.5 Å². The van der Waals surface area contributed by atoms with Gasteiger partial charge >= 0.3 is 0 Å².